The lowest BCUT2D eigenvalue weighted by Gasteiger charge is -2.07. The molecule has 0 bridgehead atoms. The maximum Gasteiger partial charge on any atom is 0.119 e. The Labute approximate surface area is 92.4 Å². The third-order valence-electron chi connectivity index (χ3n) is 2.31. The molecule has 1 aromatic rings. The molecule has 0 fully saturated rings. The van der Waals surface area contributed by atoms with Gasteiger partial charge in [0.25, 0.3) is 0 Å². The first-order chi connectivity index (χ1) is 7.22. The van der Waals surface area contributed by atoms with Crippen molar-refractivity contribution in [2.45, 2.75) is 33.1 Å². The second-order valence-electron chi connectivity index (χ2n) is 4.02. The Kier molecular flexibility index (Phi) is 5.19. The first-order valence-electron chi connectivity index (χ1n) is 5.63. The van der Waals surface area contributed by atoms with Gasteiger partial charge in [0.15, 0.2) is 0 Å². The normalized spacial score (nSPS) is 10.3. The van der Waals surface area contributed by atoms with Crippen molar-refractivity contribution in [2.24, 2.45) is 5.73 Å². The molecule has 2 N–H and O–H groups in total. The van der Waals surface area contributed by atoms with E-state index in [4.69, 9.17) is 10.5 Å². The van der Waals surface area contributed by atoms with Gasteiger partial charge in [0.05, 0.1) is 6.61 Å². The minimum absolute atomic E-state index is 0.781. The van der Waals surface area contributed by atoms with Crippen LogP contribution in [0.2, 0.25) is 0 Å². The molecule has 0 aliphatic carbocycles. The van der Waals surface area contributed by atoms with Gasteiger partial charge in [-0.3, -0.25) is 0 Å². The third-order valence-corrected chi connectivity index (χ3v) is 2.31. The molecule has 0 aromatic heterocycles. The van der Waals surface area contributed by atoms with Gasteiger partial charge in [-0.2, -0.15) is 0 Å². The van der Waals surface area contributed by atoms with Crippen molar-refractivity contribution in [3.05, 3.63) is 29.3 Å². The van der Waals surface area contributed by atoms with E-state index < -0.39 is 0 Å². The Morgan fingerprint density at radius 2 is 1.67 bits per heavy atom. The zero-order chi connectivity index (χ0) is 11.1. The first kappa shape index (κ1) is 12.1. The van der Waals surface area contributed by atoms with E-state index in [2.05, 4.69) is 32.0 Å². The smallest absolute Gasteiger partial charge is 0.119 e. The first-order valence-corrected chi connectivity index (χ1v) is 5.63. The number of ether oxygens (including phenoxy) is 1. The molecule has 0 amide bonds. The van der Waals surface area contributed by atoms with Gasteiger partial charge in [-0.15, -0.1) is 0 Å². The number of benzene rings is 1. The molecule has 0 spiro atoms. The number of hydrogen-bond donors (Lipinski definition) is 1. The molecule has 0 heterocycles. The highest BCUT2D eigenvalue weighted by Crippen LogP contribution is 2.16. The van der Waals surface area contributed by atoms with Crippen molar-refractivity contribution in [1.82, 2.24) is 0 Å². The van der Waals surface area contributed by atoms with E-state index in [1.807, 2.05) is 0 Å². The minimum Gasteiger partial charge on any atom is -0.494 e. The summed E-state index contributed by atoms with van der Waals surface area (Å²) in [4.78, 5) is 0. The van der Waals surface area contributed by atoms with Crippen LogP contribution in [-0.2, 0) is 0 Å². The molecule has 1 aromatic carbocycles. The summed E-state index contributed by atoms with van der Waals surface area (Å²) in [7, 11) is 0. The number of aryl methyl sites for hydroxylation is 2. The van der Waals surface area contributed by atoms with Crippen LogP contribution in [0.5, 0.6) is 5.75 Å². The van der Waals surface area contributed by atoms with Crippen molar-refractivity contribution < 1.29 is 4.74 Å². The van der Waals surface area contributed by atoms with Crippen LogP contribution in [0.15, 0.2) is 18.2 Å². The number of unbranched alkanes of at least 4 members (excludes halogenated alkanes) is 2. The molecule has 0 atom stereocenters. The van der Waals surface area contributed by atoms with Gasteiger partial charge < -0.3 is 10.5 Å². The van der Waals surface area contributed by atoms with Crippen LogP contribution in [0, 0.1) is 13.8 Å². The van der Waals surface area contributed by atoms with E-state index >= 15 is 0 Å². The second-order valence-corrected chi connectivity index (χ2v) is 4.02. The maximum absolute atomic E-state index is 5.67. The molecular weight excluding hydrogens is 186 g/mol. The van der Waals surface area contributed by atoms with Crippen LogP contribution in [0.3, 0.4) is 0 Å². The Morgan fingerprint density at radius 3 is 2.27 bits per heavy atom. The Balaban J connectivity index is 2.31. The van der Waals surface area contributed by atoms with Crippen molar-refractivity contribution >= 4 is 0 Å². The molecule has 0 radical (unpaired) electrons. The summed E-state index contributed by atoms with van der Waals surface area (Å²) in [5.41, 5.74) is 7.93. The van der Waals surface area contributed by atoms with Crippen LogP contribution in [0.25, 0.3) is 0 Å². The molecule has 0 aliphatic rings. The van der Waals surface area contributed by atoms with Gasteiger partial charge in [-0.25, -0.2) is 0 Å². The minimum atomic E-state index is 0.781. The average Bonchev–Trinajstić information content (AvgIpc) is 2.16. The monoisotopic (exact) mass is 207 g/mol. The zero-order valence-electron chi connectivity index (χ0n) is 9.75. The van der Waals surface area contributed by atoms with Crippen molar-refractivity contribution in [1.29, 1.82) is 0 Å². The van der Waals surface area contributed by atoms with Gasteiger partial charge in [0.2, 0.25) is 0 Å². The number of rotatable bonds is 6. The SMILES string of the molecule is Cc1cc(C)cc(OCCCCCN)c1. The molecule has 84 valence electrons. The standard InChI is InChI=1S/C13H21NO/c1-11-8-12(2)10-13(9-11)15-7-5-3-4-6-14/h8-10H,3-7,14H2,1-2H3. The summed E-state index contributed by atoms with van der Waals surface area (Å²) >= 11 is 0. The highest BCUT2D eigenvalue weighted by atomic mass is 16.5. The fourth-order valence-electron chi connectivity index (χ4n) is 1.63. The quantitative estimate of drug-likeness (QED) is 0.728. The summed E-state index contributed by atoms with van der Waals surface area (Å²) in [6.45, 7) is 5.76. The molecule has 0 saturated heterocycles. The summed E-state index contributed by atoms with van der Waals surface area (Å²) in [6.07, 6.45) is 3.34. The molecule has 2 nitrogen and oxygen atoms in total. The Morgan fingerprint density at radius 1 is 1.00 bits per heavy atom. The van der Waals surface area contributed by atoms with E-state index in [1.54, 1.807) is 0 Å². The van der Waals surface area contributed by atoms with Crippen LogP contribution in [0.4, 0.5) is 0 Å². The molecule has 0 saturated carbocycles. The summed E-state index contributed by atoms with van der Waals surface area (Å²) in [5, 5.41) is 0. The molecular formula is C13H21NO. The largest absolute Gasteiger partial charge is 0.494 e. The van der Waals surface area contributed by atoms with Gasteiger partial charge in [-0.05, 0) is 62.9 Å². The fourth-order valence-corrected chi connectivity index (χ4v) is 1.63. The Bertz CT molecular complexity index is 276. The molecule has 2 heteroatoms. The summed E-state index contributed by atoms with van der Waals surface area (Å²) in [5.74, 6) is 0.986. The van der Waals surface area contributed by atoms with Crippen LogP contribution in [0.1, 0.15) is 30.4 Å². The fraction of sp³-hybridized carbons (Fsp3) is 0.538. The Hall–Kier alpha value is -1.02. The third kappa shape index (κ3) is 4.84. The maximum atomic E-state index is 5.67. The zero-order valence-corrected chi connectivity index (χ0v) is 9.75. The van der Waals surface area contributed by atoms with E-state index in [0.717, 1.165) is 38.2 Å². The van der Waals surface area contributed by atoms with Gasteiger partial charge in [0, 0.05) is 0 Å². The van der Waals surface area contributed by atoms with E-state index in [9.17, 15) is 0 Å². The van der Waals surface area contributed by atoms with Crippen LogP contribution < -0.4 is 10.5 Å². The molecule has 15 heavy (non-hydrogen) atoms. The van der Waals surface area contributed by atoms with Crippen LogP contribution >= 0.6 is 0 Å². The number of hydrogen-bond acceptors (Lipinski definition) is 2. The molecule has 1 rings (SSSR count). The van der Waals surface area contributed by atoms with Crippen molar-refractivity contribution in [3.8, 4) is 5.75 Å². The highest BCUT2D eigenvalue weighted by molar-refractivity contribution is 5.32. The van der Waals surface area contributed by atoms with E-state index in [-0.39, 0.29) is 0 Å². The van der Waals surface area contributed by atoms with Gasteiger partial charge >= 0.3 is 0 Å². The van der Waals surface area contributed by atoms with E-state index in [1.165, 1.54) is 11.1 Å². The second kappa shape index (κ2) is 6.46. The molecule has 0 unspecified atom stereocenters. The average molecular weight is 207 g/mol. The topological polar surface area (TPSA) is 35.2 Å². The van der Waals surface area contributed by atoms with E-state index in [0.29, 0.717) is 0 Å². The predicted molar refractivity (Wildman–Crippen MR) is 64.3 cm³/mol. The predicted octanol–water partition coefficient (Wildman–Crippen LogP) is 2.81. The lowest BCUT2D eigenvalue weighted by molar-refractivity contribution is 0.305. The lowest BCUT2D eigenvalue weighted by Crippen LogP contribution is -2.01. The van der Waals surface area contributed by atoms with Gasteiger partial charge in [-0.1, -0.05) is 6.07 Å². The molecule has 0 aliphatic heterocycles. The van der Waals surface area contributed by atoms with Gasteiger partial charge in [0.1, 0.15) is 5.75 Å². The lowest BCUT2D eigenvalue weighted by atomic mass is 10.1. The number of nitrogens with two attached hydrogens (primary N) is 1. The highest BCUT2D eigenvalue weighted by Gasteiger charge is 1.96. The summed E-state index contributed by atoms with van der Waals surface area (Å²) < 4.78 is 5.67. The van der Waals surface area contributed by atoms with Crippen molar-refractivity contribution in [2.75, 3.05) is 13.2 Å². The summed E-state index contributed by atoms with van der Waals surface area (Å²) in [6, 6.07) is 6.31. The van der Waals surface area contributed by atoms with Crippen molar-refractivity contribution in [3.63, 3.8) is 0 Å². The van der Waals surface area contributed by atoms with Crippen LogP contribution in [-0.4, -0.2) is 13.2 Å².